The molecule has 4 heterocycles. The number of halogens is 1. The maximum absolute atomic E-state index is 15.5. The van der Waals surface area contributed by atoms with Gasteiger partial charge in [-0.2, -0.15) is 0 Å². The van der Waals surface area contributed by atoms with Crippen LogP contribution in [0.15, 0.2) is 191 Å². The normalized spacial score (nSPS) is 20.2. The van der Waals surface area contributed by atoms with E-state index in [0.717, 1.165) is 22.3 Å². The van der Waals surface area contributed by atoms with Gasteiger partial charge in [0.05, 0.1) is 0 Å². The average Bonchev–Trinajstić information content (AvgIpc) is 4.00. The Kier molecular flexibility index (Phi) is 13.2. The molecule has 0 unspecified atom stereocenters. The van der Waals surface area contributed by atoms with Crippen LogP contribution in [0.2, 0.25) is 0 Å². The minimum absolute atomic E-state index is 0.0165. The summed E-state index contributed by atoms with van der Waals surface area (Å²) in [4.78, 5) is 28.6. The first-order valence-electron chi connectivity index (χ1n) is 24.1. The fourth-order valence-electron chi connectivity index (χ4n) is 9.23. The Hall–Kier alpha value is -8.27. The molecule has 0 spiro atoms. The van der Waals surface area contributed by atoms with Crippen molar-refractivity contribution in [1.29, 1.82) is 0 Å². The Morgan fingerprint density at radius 3 is 1.97 bits per heavy atom. The van der Waals surface area contributed by atoms with E-state index in [4.69, 9.17) is 47.0 Å². The fourth-order valence-corrected chi connectivity index (χ4v) is 9.23. The van der Waals surface area contributed by atoms with Gasteiger partial charge in [0, 0.05) is 34.9 Å². The van der Waals surface area contributed by atoms with E-state index < -0.39 is 59.5 Å². The zero-order valence-electron chi connectivity index (χ0n) is 40.1. The summed E-state index contributed by atoms with van der Waals surface area (Å²) in [7, 11) is 0. The average molecular weight is 997 g/mol. The maximum Gasteiger partial charge on any atom is 0.330 e. The molecule has 74 heavy (non-hydrogen) atoms. The molecule has 7 aromatic carbocycles. The second-order valence-electron chi connectivity index (χ2n) is 18.4. The van der Waals surface area contributed by atoms with Crippen molar-refractivity contribution in [3.05, 3.63) is 226 Å². The summed E-state index contributed by atoms with van der Waals surface area (Å²) in [6.45, 7) is 3.28. The van der Waals surface area contributed by atoms with Crippen LogP contribution in [0.1, 0.15) is 41.7 Å². The van der Waals surface area contributed by atoms with Crippen LogP contribution in [0.25, 0.3) is 28.4 Å². The highest BCUT2D eigenvalue weighted by atomic mass is 19.1. The maximum atomic E-state index is 15.5. The van der Waals surface area contributed by atoms with Crippen molar-refractivity contribution in [3.8, 4) is 40.1 Å². The Morgan fingerprint density at radius 2 is 1.31 bits per heavy atom. The molecular weight excluding hydrogens is 948 g/mol. The van der Waals surface area contributed by atoms with Crippen molar-refractivity contribution in [2.24, 2.45) is 0 Å². The molecule has 11 rings (SSSR count). The second-order valence-corrected chi connectivity index (χ2v) is 18.4. The second kappa shape index (κ2) is 20.3. The zero-order valence-corrected chi connectivity index (χ0v) is 40.1. The molecule has 0 radical (unpaired) electrons. The van der Waals surface area contributed by atoms with Gasteiger partial charge in [0.1, 0.15) is 72.5 Å². The quantitative estimate of drug-likeness (QED) is 0.0767. The third-order valence-electron chi connectivity index (χ3n) is 12.8. The summed E-state index contributed by atoms with van der Waals surface area (Å²) in [5, 5.41) is 12.1. The van der Waals surface area contributed by atoms with E-state index in [1.165, 1.54) is 36.4 Å². The fraction of sp³-hybridized carbons (Fsp3) is 0.200. The van der Waals surface area contributed by atoms with Gasteiger partial charge in [0.25, 0.3) is 0 Å². The number of benzene rings is 7. The van der Waals surface area contributed by atoms with Gasteiger partial charge in [0.15, 0.2) is 23.0 Å². The van der Waals surface area contributed by atoms with Crippen LogP contribution in [0.3, 0.4) is 0 Å². The molecule has 0 saturated carbocycles. The lowest BCUT2D eigenvalue weighted by Gasteiger charge is -2.39. The van der Waals surface area contributed by atoms with Crippen molar-refractivity contribution in [3.63, 3.8) is 0 Å². The van der Waals surface area contributed by atoms with Crippen LogP contribution < -0.4 is 29.1 Å². The minimum Gasteiger partial charge on any atom is -0.489 e. The Balaban J connectivity index is 1.00. The molecule has 2 fully saturated rings. The zero-order chi connectivity index (χ0) is 50.8. The first-order chi connectivity index (χ1) is 36.0. The predicted octanol–water partition coefficient (Wildman–Crippen LogP) is 10.7. The van der Waals surface area contributed by atoms with Crippen LogP contribution in [0.5, 0.6) is 28.7 Å². The van der Waals surface area contributed by atoms with E-state index in [0.29, 0.717) is 28.4 Å². The molecule has 13 nitrogen and oxygen atoms in total. The predicted molar refractivity (Wildman–Crippen MR) is 270 cm³/mol. The van der Waals surface area contributed by atoms with Gasteiger partial charge < -0.3 is 52.2 Å². The number of esters is 1. The summed E-state index contributed by atoms with van der Waals surface area (Å²) in [6.07, 6.45) is -3.56. The van der Waals surface area contributed by atoms with E-state index in [1.807, 2.05) is 121 Å². The van der Waals surface area contributed by atoms with Crippen molar-refractivity contribution in [2.75, 3.05) is 6.61 Å². The van der Waals surface area contributed by atoms with Crippen LogP contribution in [0, 0.1) is 5.82 Å². The third-order valence-corrected chi connectivity index (χ3v) is 12.8. The van der Waals surface area contributed by atoms with Gasteiger partial charge in [-0.05, 0) is 66.9 Å². The molecule has 0 amide bonds. The number of hydrogen-bond donors (Lipinski definition) is 1. The summed E-state index contributed by atoms with van der Waals surface area (Å²) >= 11 is 0. The lowest BCUT2D eigenvalue weighted by molar-refractivity contribution is -0.255. The standard InChI is InChI=1S/C60H49FO13/c1-59(2)73-55-49(36-67-50(62)30-25-37-23-27-43(61)28-24-37)69-58(53(64)57(55)74-59)70-56-52(63)51-47(66-35-39-17-9-4-10-18-39)32-44(65-34-38-15-7-3-8-16-38)33-48(51)68-54(56)40-26-29-45-46(31-40)72-60(71-45,41-19-11-5-12-20-41)42-21-13-6-14-22-42/h3-33,49,53,55,57-58,64H,34-36H2,1-2H3/b30-25+/t49-,53-,55+,57-,58+/m1/s1. The molecule has 3 aliphatic rings. The van der Waals surface area contributed by atoms with Crippen molar-refractivity contribution in [2.45, 2.75) is 69.3 Å². The number of aliphatic hydroxyl groups is 1. The minimum atomic E-state index is -1.62. The molecule has 5 atom stereocenters. The summed E-state index contributed by atoms with van der Waals surface area (Å²) in [5.74, 6) is -2.87. The van der Waals surface area contributed by atoms with E-state index in [-0.39, 0.29) is 48.0 Å². The SMILES string of the molecule is CC1(C)O[C@@H]2[C@@H](O)[C@H](Oc3c(-c4ccc5c(c4)OC(c4ccccc4)(c4ccccc4)O5)oc4cc(OCc5ccccc5)cc(OCc5ccccc5)c4c3=O)O[C@H](COC(=O)/C=C/c3ccc(F)cc3)[C@@H]2O1. The number of carbonyl (C=O) groups is 1. The number of rotatable bonds is 15. The molecule has 374 valence electrons. The van der Waals surface area contributed by atoms with E-state index >= 15 is 4.79 Å². The van der Waals surface area contributed by atoms with Crippen molar-refractivity contribution < 1.29 is 61.3 Å². The first-order valence-corrected chi connectivity index (χ1v) is 24.1. The third kappa shape index (κ3) is 9.95. The highest BCUT2D eigenvalue weighted by Crippen LogP contribution is 2.50. The topological polar surface area (TPSA) is 151 Å². The summed E-state index contributed by atoms with van der Waals surface area (Å²) in [6, 6.07) is 52.1. The van der Waals surface area contributed by atoms with Gasteiger partial charge in [0.2, 0.25) is 17.5 Å². The number of aliphatic hydroxyl groups excluding tert-OH is 1. The molecule has 14 heteroatoms. The lowest BCUT2D eigenvalue weighted by atomic mass is 9.97. The van der Waals surface area contributed by atoms with Crippen LogP contribution in [0.4, 0.5) is 4.39 Å². The monoisotopic (exact) mass is 996 g/mol. The van der Waals surface area contributed by atoms with E-state index in [2.05, 4.69) is 0 Å². The number of hydrogen-bond acceptors (Lipinski definition) is 13. The lowest BCUT2D eigenvalue weighted by Crippen LogP contribution is -2.59. The van der Waals surface area contributed by atoms with Crippen molar-refractivity contribution >= 4 is 23.0 Å². The molecule has 2 saturated heterocycles. The van der Waals surface area contributed by atoms with Crippen LogP contribution in [-0.4, -0.2) is 54.2 Å². The van der Waals surface area contributed by atoms with E-state index in [9.17, 15) is 14.3 Å². The van der Waals surface area contributed by atoms with Gasteiger partial charge >= 0.3 is 11.8 Å². The highest BCUT2D eigenvalue weighted by molar-refractivity contribution is 5.89. The van der Waals surface area contributed by atoms with Gasteiger partial charge in [-0.15, -0.1) is 0 Å². The molecule has 0 aliphatic carbocycles. The number of carbonyl (C=O) groups excluding carboxylic acids is 1. The summed E-state index contributed by atoms with van der Waals surface area (Å²) < 4.78 is 77.8. The van der Waals surface area contributed by atoms with Crippen molar-refractivity contribution in [1.82, 2.24) is 0 Å². The Labute approximate surface area is 424 Å². The van der Waals surface area contributed by atoms with Gasteiger partial charge in [-0.1, -0.05) is 133 Å². The van der Waals surface area contributed by atoms with Gasteiger partial charge in [-0.3, -0.25) is 4.79 Å². The molecule has 8 aromatic rings. The largest absolute Gasteiger partial charge is 0.489 e. The van der Waals surface area contributed by atoms with Crippen LogP contribution >= 0.6 is 0 Å². The Bertz CT molecular complexity index is 3330. The Morgan fingerprint density at radius 1 is 0.703 bits per heavy atom. The first kappa shape index (κ1) is 48.0. The molecular formula is C60H49FO13. The smallest absolute Gasteiger partial charge is 0.330 e. The number of ether oxygens (including phenoxy) is 9. The molecule has 1 aromatic heterocycles. The molecule has 0 bridgehead atoms. The molecule has 1 N–H and O–H groups in total. The van der Waals surface area contributed by atoms with Gasteiger partial charge in [-0.25, -0.2) is 9.18 Å². The highest BCUT2D eigenvalue weighted by Gasteiger charge is 2.56. The summed E-state index contributed by atoms with van der Waals surface area (Å²) in [5.41, 5.74) is 3.57. The van der Waals surface area contributed by atoms with E-state index in [1.54, 1.807) is 44.2 Å². The van der Waals surface area contributed by atoms with Crippen LogP contribution in [-0.2, 0) is 42.7 Å². The molecule has 3 aliphatic heterocycles. The number of fused-ring (bicyclic) bond motifs is 3.